The minimum atomic E-state index is -0.687. The Morgan fingerprint density at radius 3 is 2.74 bits per heavy atom. The summed E-state index contributed by atoms with van der Waals surface area (Å²) in [5.74, 6) is 0.295. The van der Waals surface area contributed by atoms with Crippen LogP contribution in [0.1, 0.15) is 65.4 Å². The molecule has 0 aliphatic heterocycles. The predicted octanol–water partition coefficient (Wildman–Crippen LogP) is 5.47. The van der Waals surface area contributed by atoms with Crippen molar-refractivity contribution in [2.24, 2.45) is 17.3 Å². The Balaban J connectivity index is 2.24. The minimum Gasteiger partial charge on any atom is -0.481 e. The summed E-state index contributed by atoms with van der Waals surface area (Å²) in [5, 5.41) is 9.16. The normalized spacial score (nSPS) is 27.9. The maximum absolute atomic E-state index is 11.1. The predicted molar refractivity (Wildman–Crippen MR) is 92.3 cm³/mol. The lowest BCUT2D eigenvalue weighted by atomic mass is 9.56. The summed E-state index contributed by atoms with van der Waals surface area (Å²) >= 11 is 0. The topological polar surface area (TPSA) is 50.4 Å². The molecule has 0 spiro atoms. The molecule has 1 saturated carbocycles. The van der Waals surface area contributed by atoms with Crippen LogP contribution in [0.25, 0.3) is 0 Å². The lowest BCUT2D eigenvalue weighted by molar-refractivity contribution is -0.137. The van der Waals surface area contributed by atoms with Crippen molar-refractivity contribution in [3.63, 3.8) is 0 Å². The van der Waals surface area contributed by atoms with Gasteiger partial charge in [-0.15, -0.1) is 0 Å². The summed E-state index contributed by atoms with van der Waals surface area (Å²) in [6.45, 7) is 9.06. The molecule has 3 nitrogen and oxygen atoms in total. The molecule has 23 heavy (non-hydrogen) atoms. The van der Waals surface area contributed by atoms with Crippen molar-refractivity contribution < 1.29 is 14.3 Å². The summed E-state index contributed by atoms with van der Waals surface area (Å²) < 4.78 is 5.19. The maximum atomic E-state index is 11.1. The molecule has 1 aliphatic carbocycles. The van der Waals surface area contributed by atoms with E-state index in [1.54, 1.807) is 6.26 Å². The van der Waals surface area contributed by atoms with Gasteiger partial charge in [-0.3, -0.25) is 4.79 Å². The number of aryl methyl sites for hydroxylation is 1. The van der Waals surface area contributed by atoms with Crippen molar-refractivity contribution in [3.8, 4) is 0 Å². The molecule has 1 aromatic heterocycles. The fraction of sp³-hybridized carbons (Fsp3) is 0.650. The Labute approximate surface area is 139 Å². The highest BCUT2D eigenvalue weighted by atomic mass is 16.4. The number of rotatable bonds is 6. The molecule has 1 N–H and O–H groups in total. The molecular weight excluding hydrogens is 288 g/mol. The summed E-state index contributed by atoms with van der Waals surface area (Å²) in [6, 6.07) is 2.03. The number of furan rings is 1. The van der Waals surface area contributed by atoms with E-state index in [-0.39, 0.29) is 11.8 Å². The average Bonchev–Trinajstić information content (AvgIpc) is 2.99. The molecule has 0 amide bonds. The van der Waals surface area contributed by atoms with Crippen molar-refractivity contribution in [2.75, 3.05) is 0 Å². The Kier molecular flexibility index (Phi) is 5.72. The van der Waals surface area contributed by atoms with Crippen LogP contribution in [0.3, 0.4) is 0 Å². The zero-order valence-corrected chi connectivity index (χ0v) is 14.9. The van der Waals surface area contributed by atoms with Gasteiger partial charge >= 0.3 is 5.97 Å². The standard InChI is InChI=1S/C20H30O3/c1-14(2)17-6-5-15(3)20(4,18(17)7-8-19(21)22)11-9-16-10-12-23-13-16/h10,12-13,15,18H,5-9,11H2,1-4H3,(H,21,22)/t15-,18+,20+/m1/s1. The van der Waals surface area contributed by atoms with Crippen molar-refractivity contribution in [1.82, 2.24) is 0 Å². The fourth-order valence-corrected chi connectivity index (χ4v) is 4.26. The number of carboxylic acids is 1. The van der Waals surface area contributed by atoms with Gasteiger partial charge in [-0.2, -0.15) is 0 Å². The van der Waals surface area contributed by atoms with Crippen LogP contribution in [0.15, 0.2) is 34.2 Å². The number of hydrogen-bond donors (Lipinski definition) is 1. The molecule has 0 bridgehead atoms. The van der Waals surface area contributed by atoms with E-state index in [0.717, 1.165) is 25.7 Å². The molecule has 2 rings (SSSR count). The number of allylic oxidation sites excluding steroid dienone is 2. The first kappa shape index (κ1) is 17.8. The molecule has 1 heterocycles. The van der Waals surface area contributed by atoms with Gasteiger partial charge in [0.15, 0.2) is 0 Å². The van der Waals surface area contributed by atoms with E-state index in [1.807, 2.05) is 12.3 Å². The van der Waals surface area contributed by atoms with Gasteiger partial charge in [0.2, 0.25) is 0 Å². The molecule has 1 fully saturated rings. The summed E-state index contributed by atoms with van der Waals surface area (Å²) in [4.78, 5) is 11.1. The van der Waals surface area contributed by atoms with Crippen LogP contribution >= 0.6 is 0 Å². The van der Waals surface area contributed by atoms with Crippen LogP contribution in [-0.4, -0.2) is 11.1 Å². The van der Waals surface area contributed by atoms with Gasteiger partial charge in [0.05, 0.1) is 12.5 Å². The highest BCUT2D eigenvalue weighted by Gasteiger charge is 2.43. The molecule has 0 saturated heterocycles. The van der Waals surface area contributed by atoms with Gasteiger partial charge in [0, 0.05) is 6.42 Å². The quantitative estimate of drug-likeness (QED) is 0.708. The second-order valence-corrected chi connectivity index (χ2v) is 7.59. The van der Waals surface area contributed by atoms with E-state index >= 15 is 0 Å². The van der Waals surface area contributed by atoms with E-state index in [1.165, 1.54) is 23.1 Å². The number of hydrogen-bond acceptors (Lipinski definition) is 2. The monoisotopic (exact) mass is 318 g/mol. The van der Waals surface area contributed by atoms with Crippen LogP contribution in [0.5, 0.6) is 0 Å². The van der Waals surface area contributed by atoms with Gasteiger partial charge in [0.1, 0.15) is 0 Å². The lowest BCUT2D eigenvalue weighted by Crippen LogP contribution is -2.40. The molecule has 0 radical (unpaired) electrons. The second-order valence-electron chi connectivity index (χ2n) is 7.59. The Morgan fingerprint density at radius 1 is 1.43 bits per heavy atom. The lowest BCUT2D eigenvalue weighted by Gasteiger charge is -2.49. The van der Waals surface area contributed by atoms with Crippen molar-refractivity contribution in [3.05, 3.63) is 35.3 Å². The van der Waals surface area contributed by atoms with Crippen LogP contribution in [0.4, 0.5) is 0 Å². The zero-order chi connectivity index (χ0) is 17.0. The third kappa shape index (κ3) is 4.07. The zero-order valence-electron chi connectivity index (χ0n) is 14.9. The Morgan fingerprint density at radius 2 is 2.17 bits per heavy atom. The average molecular weight is 318 g/mol. The largest absolute Gasteiger partial charge is 0.481 e. The second kappa shape index (κ2) is 7.37. The van der Waals surface area contributed by atoms with E-state index in [0.29, 0.717) is 11.8 Å². The highest BCUT2D eigenvalue weighted by Crippen LogP contribution is 2.53. The van der Waals surface area contributed by atoms with Gasteiger partial charge < -0.3 is 9.52 Å². The van der Waals surface area contributed by atoms with E-state index in [9.17, 15) is 4.79 Å². The highest BCUT2D eigenvalue weighted by molar-refractivity contribution is 5.66. The first-order valence-electron chi connectivity index (χ1n) is 8.73. The SMILES string of the molecule is CC(C)=C1CC[C@@H](C)[C@](C)(CCc2ccoc2)[C@H]1CCC(=O)O. The van der Waals surface area contributed by atoms with Crippen molar-refractivity contribution in [1.29, 1.82) is 0 Å². The van der Waals surface area contributed by atoms with E-state index < -0.39 is 5.97 Å². The Bertz CT molecular complexity index is 551. The van der Waals surface area contributed by atoms with Crippen LogP contribution < -0.4 is 0 Å². The van der Waals surface area contributed by atoms with Gasteiger partial charge in [-0.1, -0.05) is 25.0 Å². The molecule has 0 aromatic carbocycles. The molecular formula is C20H30O3. The fourth-order valence-electron chi connectivity index (χ4n) is 4.26. The maximum Gasteiger partial charge on any atom is 0.303 e. The molecule has 3 heteroatoms. The van der Waals surface area contributed by atoms with Crippen LogP contribution in [-0.2, 0) is 11.2 Å². The molecule has 0 unspecified atom stereocenters. The van der Waals surface area contributed by atoms with E-state index in [2.05, 4.69) is 27.7 Å². The molecule has 128 valence electrons. The smallest absolute Gasteiger partial charge is 0.303 e. The molecule has 1 aliphatic rings. The first-order chi connectivity index (χ1) is 10.8. The Hall–Kier alpha value is -1.51. The molecule has 1 aromatic rings. The van der Waals surface area contributed by atoms with Gasteiger partial charge in [0.25, 0.3) is 0 Å². The number of carboxylic acid groups (broad SMARTS) is 1. The number of carbonyl (C=O) groups is 1. The van der Waals surface area contributed by atoms with Crippen molar-refractivity contribution >= 4 is 5.97 Å². The first-order valence-corrected chi connectivity index (χ1v) is 8.73. The van der Waals surface area contributed by atoms with Crippen LogP contribution in [0.2, 0.25) is 0 Å². The summed E-state index contributed by atoms with van der Waals surface area (Å²) in [6.07, 6.45) is 8.96. The summed E-state index contributed by atoms with van der Waals surface area (Å²) in [7, 11) is 0. The summed E-state index contributed by atoms with van der Waals surface area (Å²) in [5.41, 5.74) is 4.26. The third-order valence-electron chi connectivity index (χ3n) is 6.01. The van der Waals surface area contributed by atoms with Crippen molar-refractivity contribution in [2.45, 2.75) is 66.2 Å². The number of aliphatic carboxylic acids is 1. The van der Waals surface area contributed by atoms with Gasteiger partial charge in [-0.05, 0) is 74.8 Å². The van der Waals surface area contributed by atoms with Crippen LogP contribution in [0, 0.1) is 17.3 Å². The third-order valence-corrected chi connectivity index (χ3v) is 6.01. The van der Waals surface area contributed by atoms with Gasteiger partial charge in [-0.25, -0.2) is 0 Å². The van der Waals surface area contributed by atoms with E-state index in [4.69, 9.17) is 9.52 Å². The minimum absolute atomic E-state index is 0.150. The molecule has 3 atom stereocenters.